The molecular formula is C18H37N3. The van der Waals surface area contributed by atoms with E-state index in [0.717, 1.165) is 24.5 Å². The lowest BCUT2D eigenvalue weighted by Crippen LogP contribution is -2.58. The van der Waals surface area contributed by atoms with Crippen LogP contribution in [0.4, 0.5) is 0 Å². The standard InChI is InChI=1S/C18H37N3/c1-7-11-19-17-15(9-8-10-18(17,3)4)21-12-14(2)16(13-21)20(5)6/h14-17,19H,7-13H2,1-6H3. The van der Waals surface area contributed by atoms with Crippen LogP contribution in [0, 0.1) is 11.3 Å². The van der Waals surface area contributed by atoms with Crippen molar-refractivity contribution < 1.29 is 0 Å². The summed E-state index contributed by atoms with van der Waals surface area (Å²) in [4.78, 5) is 5.22. The molecular weight excluding hydrogens is 258 g/mol. The number of nitrogens with zero attached hydrogens (tertiary/aromatic N) is 2. The predicted octanol–water partition coefficient (Wildman–Crippen LogP) is 2.82. The van der Waals surface area contributed by atoms with E-state index >= 15 is 0 Å². The smallest absolute Gasteiger partial charge is 0.0274 e. The van der Waals surface area contributed by atoms with E-state index in [2.05, 4.69) is 56.9 Å². The monoisotopic (exact) mass is 295 g/mol. The van der Waals surface area contributed by atoms with Crippen molar-refractivity contribution in [1.82, 2.24) is 15.1 Å². The summed E-state index contributed by atoms with van der Waals surface area (Å²) >= 11 is 0. The molecule has 0 aromatic carbocycles. The molecule has 2 rings (SSSR count). The highest BCUT2D eigenvalue weighted by Gasteiger charge is 2.44. The maximum Gasteiger partial charge on any atom is 0.0274 e. The van der Waals surface area contributed by atoms with Gasteiger partial charge in [-0.1, -0.05) is 34.1 Å². The van der Waals surface area contributed by atoms with Crippen molar-refractivity contribution in [1.29, 1.82) is 0 Å². The summed E-state index contributed by atoms with van der Waals surface area (Å²) in [5, 5.41) is 3.89. The minimum Gasteiger partial charge on any atom is -0.312 e. The normalized spacial score (nSPS) is 37.3. The molecule has 4 unspecified atom stereocenters. The topological polar surface area (TPSA) is 18.5 Å². The zero-order valence-corrected chi connectivity index (χ0v) is 15.2. The molecule has 1 saturated carbocycles. The number of hydrogen-bond donors (Lipinski definition) is 1. The number of rotatable bonds is 5. The Morgan fingerprint density at radius 3 is 2.52 bits per heavy atom. The van der Waals surface area contributed by atoms with Gasteiger partial charge in [-0.3, -0.25) is 4.90 Å². The molecule has 2 fully saturated rings. The van der Waals surface area contributed by atoms with Crippen molar-refractivity contribution in [2.45, 2.75) is 71.5 Å². The van der Waals surface area contributed by atoms with Crippen LogP contribution in [0.25, 0.3) is 0 Å². The van der Waals surface area contributed by atoms with E-state index in [1.165, 1.54) is 38.8 Å². The summed E-state index contributed by atoms with van der Waals surface area (Å²) < 4.78 is 0. The fraction of sp³-hybridized carbons (Fsp3) is 1.00. The molecule has 0 aromatic heterocycles. The summed E-state index contributed by atoms with van der Waals surface area (Å²) in [5.41, 5.74) is 0.428. The van der Waals surface area contributed by atoms with Crippen LogP contribution in [0.3, 0.4) is 0 Å². The predicted molar refractivity (Wildman–Crippen MR) is 91.7 cm³/mol. The average molecular weight is 296 g/mol. The van der Waals surface area contributed by atoms with Crippen LogP contribution in [0.15, 0.2) is 0 Å². The van der Waals surface area contributed by atoms with Crippen LogP contribution >= 0.6 is 0 Å². The first kappa shape index (κ1) is 17.2. The number of nitrogens with one attached hydrogen (secondary N) is 1. The van der Waals surface area contributed by atoms with E-state index < -0.39 is 0 Å². The van der Waals surface area contributed by atoms with E-state index in [1.54, 1.807) is 0 Å². The van der Waals surface area contributed by atoms with Gasteiger partial charge in [-0.25, -0.2) is 0 Å². The Kier molecular flexibility index (Phi) is 5.72. The molecule has 0 bridgehead atoms. The van der Waals surface area contributed by atoms with Crippen molar-refractivity contribution in [3.63, 3.8) is 0 Å². The summed E-state index contributed by atoms with van der Waals surface area (Å²) in [6.45, 7) is 13.3. The van der Waals surface area contributed by atoms with Crippen LogP contribution in [0.5, 0.6) is 0 Å². The molecule has 0 radical (unpaired) electrons. The van der Waals surface area contributed by atoms with Gasteiger partial charge in [0.1, 0.15) is 0 Å². The number of likely N-dealkylation sites (tertiary alicyclic amines) is 1. The highest BCUT2D eigenvalue weighted by molar-refractivity contribution is 5.01. The lowest BCUT2D eigenvalue weighted by Gasteiger charge is -2.48. The zero-order chi connectivity index (χ0) is 15.6. The van der Waals surface area contributed by atoms with Gasteiger partial charge in [0.15, 0.2) is 0 Å². The molecule has 3 heteroatoms. The molecule has 2 aliphatic rings. The second-order valence-electron chi connectivity index (χ2n) is 8.34. The lowest BCUT2D eigenvalue weighted by molar-refractivity contribution is 0.0576. The first-order valence-electron chi connectivity index (χ1n) is 9.00. The Morgan fingerprint density at radius 1 is 1.24 bits per heavy atom. The molecule has 0 spiro atoms. The molecule has 0 aromatic rings. The third-order valence-electron chi connectivity index (χ3n) is 5.90. The second kappa shape index (κ2) is 6.97. The second-order valence-corrected chi connectivity index (χ2v) is 8.34. The molecule has 1 N–H and O–H groups in total. The molecule has 0 amide bonds. The van der Waals surface area contributed by atoms with Gasteiger partial charge >= 0.3 is 0 Å². The van der Waals surface area contributed by atoms with Crippen LogP contribution in [0.2, 0.25) is 0 Å². The fourth-order valence-electron chi connectivity index (χ4n) is 4.64. The van der Waals surface area contributed by atoms with Crippen molar-refractivity contribution in [3.8, 4) is 0 Å². The number of hydrogen-bond acceptors (Lipinski definition) is 3. The molecule has 21 heavy (non-hydrogen) atoms. The third kappa shape index (κ3) is 3.80. The largest absolute Gasteiger partial charge is 0.312 e. The van der Waals surface area contributed by atoms with Crippen LogP contribution < -0.4 is 5.32 Å². The van der Waals surface area contributed by atoms with E-state index in [9.17, 15) is 0 Å². The maximum absolute atomic E-state index is 3.89. The van der Waals surface area contributed by atoms with E-state index in [-0.39, 0.29) is 0 Å². The summed E-state index contributed by atoms with van der Waals surface area (Å²) in [6.07, 6.45) is 5.36. The molecule has 124 valence electrons. The fourth-order valence-corrected chi connectivity index (χ4v) is 4.64. The summed E-state index contributed by atoms with van der Waals surface area (Å²) in [7, 11) is 4.48. The van der Waals surface area contributed by atoms with Crippen LogP contribution in [0.1, 0.15) is 53.4 Å². The van der Waals surface area contributed by atoms with Gasteiger partial charge in [-0.2, -0.15) is 0 Å². The molecule has 1 aliphatic heterocycles. The van der Waals surface area contributed by atoms with Crippen molar-refractivity contribution >= 4 is 0 Å². The minimum atomic E-state index is 0.428. The Labute approximate surface area is 132 Å². The molecule has 1 aliphatic carbocycles. The van der Waals surface area contributed by atoms with Gasteiger partial charge in [0, 0.05) is 31.2 Å². The SMILES string of the molecule is CCCNC1C(N2CC(C)C(N(C)C)C2)CCCC1(C)C. The van der Waals surface area contributed by atoms with Gasteiger partial charge < -0.3 is 10.2 Å². The van der Waals surface area contributed by atoms with Gasteiger partial charge in [0.2, 0.25) is 0 Å². The quantitative estimate of drug-likeness (QED) is 0.841. The molecule has 4 atom stereocenters. The first-order chi connectivity index (χ1) is 9.86. The zero-order valence-electron chi connectivity index (χ0n) is 15.2. The molecule has 3 nitrogen and oxygen atoms in total. The molecule has 1 saturated heterocycles. The maximum atomic E-state index is 3.89. The summed E-state index contributed by atoms with van der Waals surface area (Å²) in [5.74, 6) is 0.789. The van der Waals surface area contributed by atoms with Crippen LogP contribution in [-0.2, 0) is 0 Å². The number of likely N-dealkylation sites (N-methyl/N-ethyl adjacent to an activating group) is 1. The van der Waals surface area contributed by atoms with Gasteiger partial charge in [0.05, 0.1) is 0 Å². The lowest BCUT2D eigenvalue weighted by atomic mass is 9.70. The van der Waals surface area contributed by atoms with Crippen LogP contribution in [-0.4, -0.2) is 61.7 Å². The Balaban J connectivity index is 2.09. The Hall–Kier alpha value is -0.120. The van der Waals surface area contributed by atoms with Gasteiger partial charge in [0.25, 0.3) is 0 Å². The molecule has 1 heterocycles. The minimum absolute atomic E-state index is 0.428. The van der Waals surface area contributed by atoms with E-state index in [0.29, 0.717) is 11.5 Å². The van der Waals surface area contributed by atoms with Gasteiger partial charge in [-0.15, -0.1) is 0 Å². The van der Waals surface area contributed by atoms with E-state index in [1.807, 2.05) is 0 Å². The van der Waals surface area contributed by atoms with Crippen molar-refractivity contribution in [2.75, 3.05) is 33.7 Å². The van der Waals surface area contributed by atoms with Gasteiger partial charge in [-0.05, 0) is 51.2 Å². The van der Waals surface area contributed by atoms with E-state index in [4.69, 9.17) is 0 Å². The average Bonchev–Trinajstić information content (AvgIpc) is 2.78. The Morgan fingerprint density at radius 2 is 1.95 bits per heavy atom. The summed E-state index contributed by atoms with van der Waals surface area (Å²) in [6, 6.07) is 2.11. The van der Waals surface area contributed by atoms with Crippen molar-refractivity contribution in [3.05, 3.63) is 0 Å². The first-order valence-corrected chi connectivity index (χ1v) is 9.00. The van der Waals surface area contributed by atoms with Crippen molar-refractivity contribution in [2.24, 2.45) is 11.3 Å². The third-order valence-corrected chi connectivity index (χ3v) is 5.90. The Bertz CT molecular complexity index is 326. The highest BCUT2D eigenvalue weighted by atomic mass is 15.3. The highest BCUT2D eigenvalue weighted by Crippen LogP contribution is 2.39.